The van der Waals surface area contributed by atoms with Gasteiger partial charge in [0.15, 0.2) is 23.1 Å². The number of benzene rings is 1. The third kappa shape index (κ3) is 6.63. The van der Waals surface area contributed by atoms with Crippen LogP contribution in [0, 0.1) is 0 Å². The van der Waals surface area contributed by atoms with Crippen LogP contribution in [0.1, 0.15) is 5.56 Å². The van der Waals surface area contributed by atoms with E-state index in [2.05, 4.69) is 30.2 Å². The van der Waals surface area contributed by atoms with E-state index in [1.165, 1.54) is 22.7 Å². The molecule has 0 saturated heterocycles. The number of rotatable bonds is 5. The summed E-state index contributed by atoms with van der Waals surface area (Å²) in [6, 6.07) is 17.1. The van der Waals surface area contributed by atoms with Gasteiger partial charge in [-0.05, 0) is 54.1 Å². The summed E-state index contributed by atoms with van der Waals surface area (Å²) in [6.45, 7) is 1.74. The number of nitrogens with one attached hydrogen (secondary N) is 1. The van der Waals surface area contributed by atoms with Gasteiger partial charge in [0.05, 0.1) is 19.4 Å². The van der Waals surface area contributed by atoms with Gasteiger partial charge in [-0.1, -0.05) is 40.9 Å². The SMILES string of the molecule is Clc1cc2c(Cl)nc(-c3ccncc3)nc2s1.Clc1cc2c(NCc3ccc4c(c3)OCCO4)nc(-c3ccncc3)nc2s1. The lowest BCUT2D eigenvalue weighted by Crippen LogP contribution is -2.15. The van der Waals surface area contributed by atoms with Crippen molar-refractivity contribution in [2.45, 2.75) is 6.54 Å². The molecule has 0 aliphatic carbocycles. The van der Waals surface area contributed by atoms with Crippen LogP contribution in [0.15, 0.2) is 79.4 Å². The van der Waals surface area contributed by atoms with E-state index in [0.717, 1.165) is 54.4 Å². The molecule has 0 spiro atoms. The van der Waals surface area contributed by atoms with Crippen LogP contribution in [0.25, 0.3) is 43.2 Å². The van der Waals surface area contributed by atoms with Crippen LogP contribution >= 0.6 is 57.5 Å². The molecule has 7 aromatic rings. The fourth-order valence-corrected chi connectivity index (χ4v) is 6.98. The maximum atomic E-state index is 6.23. The highest BCUT2D eigenvalue weighted by Crippen LogP contribution is 2.36. The minimum atomic E-state index is 0.421. The molecule has 0 saturated carbocycles. The van der Waals surface area contributed by atoms with Gasteiger partial charge in [-0.2, -0.15) is 0 Å². The van der Waals surface area contributed by atoms with Gasteiger partial charge in [0.2, 0.25) is 0 Å². The van der Waals surface area contributed by atoms with Gasteiger partial charge in [-0.3, -0.25) is 9.97 Å². The van der Waals surface area contributed by atoms with E-state index in [4.69, 9.17) is 49.3 Å². The molecule has 1 aliphatic rings. The normalized spacial score (nSPS) is 12.2. The molecule has 9 nitrogen and oxygen atoms in total. The van der Waals surface area contributed by atoms with Crippen LogP contribution in [0.5, 0.6) is 11.5 Å². The van der Waals surface area contributed by atoms with E-state index in [0.29, 0.717) is 45.2 Å². The maximum Gasteiger partial charge on any atom is 0.163 e. The summed E-state index contributed by atoms with van der Waals surface area (Å²) < 4.78 is 12.6. The van der Waals surface area contributed by atoms with Crippen LogP contribution in [-0.2, 0) is 6.54 Å². The molecule has 0 atom stereocenters. The second-order valence-electron chi connectivity index (χ2n) is 9.58. The highest BCUT2D eigenvalue weighted by molar-refractivity contribution is 7.22. The molecule has 8 rings (SSSR count). The molecule has 0 radical (unpaired) electrons. The Bertz CT molecular complexity index is 2130. The van der Waals surface area contributed by atoms with Gasteiger partial charge in [-0.25, -0.2) is 19.9 Å². The quantitative estimate of drug-likeness (QED) is 0.177. The van der Waals surface area contributed by atoms with E-state index in [1.807, 2.05) is 48.5 Å². The van der Waals surface area contributed by atoms with Crippen LogP contribution < -0.4 is 14.8 Å². The highest BCUT2D eigenvalue weighted by Gasteiger charge is 2.15. The van der Waals surface area contributed by atoms with Gasteiger partial charge < -0.3 is 14.8 Å². The molecule has 1 aromatic carbocycles. The summed E-state index contributed by atoms with van der Waals surface area (Å²) in [7, 11) is 0. The zero-order valence-corrected chi connectivity index (χ0v) is 27.0. The predicted molar refractivity (Wildman–Crippen MR) is 181 cm³/mol. The van der Waals surface area contributed by atoms with Crippen molar-refractivity contribution in [3.8, 4) is 34.3 Å². The molecule has 1 N–H and O–H groups in total. The van der Waals surface area contributed by atoms with Crippen LogP contribution in [0.2, 0.25) is 13.8 Å². The lowest BCUT2D eigenvalue weighted by Gasteiger charge is -2.19. The van der Waals surface area contributed by atoms with Crippen molar-refractivity contribution in [3.63, 3.8) is 0 Å². The third-order valence-electron chi connectivity index (χ3n) is 6.62. The Morgan fingerprint density at radius 1 is 0.644 bits per heavy atom. The number of hydrogen-bond donors (Lipinski definition) is 1. The maximum absolute atomic E-state index is 6.23. The minimum absolute atomic E-state index is 0.421. The highest BCUT2D eigenvalue weighted by atomic mass is 35.5. The molecule has 45 heavy (non-hydrogen) atoms. The fourth-order valence-electron chi connectivity index (χ4n) is 4.53. The van der Waals surface area contributed by atoms with E-state index >= 15 is 0 Å². The number of pyridine rings is 2. The van der Waals surface area contributed by atoms with Gasteiger partial charge >= 0.3 is 0 Å². The number of thiophene rings is 2. The monoisotopic (exact) mass is 691 g/mol. The average molecular weight is 693 g/mol. The van der Waals surface area contributed by atoms with Crippen molar-refractivity contribution in [2.75, 3.05) is 18.5 Å². The first-order chi connectivity index (χ1) is 22.0. The Balaban J connectivity index is 0.000000163. The van der Waals surface area contributed by atoms with Gasteiger partial charge in [0, 0.05) is 42.5 Å². The molecule has 0 amide bonds. The zero-order valence-electron chi connectivity index (χ0n) is 23.1. The topological polar surface area (TPSA) is 108 Å². The summed E-state index contributed by atoms with van der Waals surface area (Å²) in [4.78, 5) is 27.7. The zero-order chi connectivity index (χ0) is 30.8. The Morgan fingerprint density at radius 2 is 1.22 bits per heavy atom. The molecular formula is C31H20Cl3N7O2S2. The number of nitrogens with zero attached hydrogens (tertiary/aromatic N) is 6. The van der Waals surface area contributed by atoms with Gasteiger partial charge in [0.25, 0.3) is 0 Å². The molecule has 0 bridgehead atoms. The fraction of sp³-hybridized carbons (Fsp3) is 0.0968. The van der Waals surface area contributed by atoms with E-state index in [1.54, 1.807) is 30.9 Å². The average Bonchev–Trinajstić information content (AvgIpc) is 3.65. The first kappa shape index (κ1) is 29.6. The Kier molecular flexibility index (Phi) is 8.59. The van der Waals surface area contributed by atoms with E-state index in [-0.39, 0.29) is 0 Å². The van der Waals surface area contributed by atoms with Crippen LogP contribution in [0.3, 0.4) is 0 Å². The first-order valence-corrected chi connectivity index (χ1v) is 16.3. The number of hydrogen-bond acceptors (Lipinski definition) is 11. The lowest BCUT2D eigenvalue weighted by atomic mass is 10.2. The minimum Gasteiger partial charge on any atom is -0.486 e. The number of halogens is 3. The Hall–Kier alpha value is -4.13. The summed E-state index contributed by atoms with van der Waals surface area (Å²) >= 11 is 21.1. The lowest BCUT2D eigenvalue weighted by molar-refractivity contribution is 0.171. The summed E-state index contributed by atoms with van der Waals surface area (Å²) in [5.74, 6) is 3.52. The van der Waals surface area contributed by atoms with Gasteiger partial charge in [-0.15, -0.1) is 22.7 Å². The van der Waals surface area contributed by atoms with Crippen molar-refractivity contribution in [1.82, 2.24) is 29.9 Å². The molecule has 1 aliphatic heterocycles. The smallest absolute Gasteiger partial charge is 0.163 e. The molecule has 0 fully saturated rings. The Labute approximate surface area is 279 Å². The predicted octanol–water partition coefficient (Wildman–Crippen LogP) is 8.85. The standard InChI is InChI=1S/C20H15ClN4O2S.C11H5Cl2N3S/c21-17-10-14-19(23-11-12-1-2-15-16(9-12)27-8-7-26-15)24-18(25-20(14)28-17)13-3-5-22-6-4-13;12-8-5-7-9(13)15-10(16-11(7)17-8)6-1-3-14-4-2-6/h1-6,9-10H,7-8,11H2,(H,23,24,25);1-5H. The second-order valence-corrected chi connectivity index (χ2v) is 13.3. The first-order valence-electron chi connectivity index (χ1n) is 13.5. The van der Waals surface area contributed by atoms with E-state index in [9.17, 15) is 0 Å². The van der Waals surface area contributed by atoms with Crippen molar-refractivity contribution < 1.29 is 9.47 Å². The van der Waals surface area contributed by atoms with E-state index < -0.39 is 0 Å². The van der Waals surface area contributed by atoms with Crippen molar-refractivity contribution in [3.05, 3.63) is 98.8 Å². The van der Waals surface area contributed by atoms with Crippen LogP contribution in [-0.4, -0.2) is 43.1 Å². The molecule has 14 heteroatoms. The van der Waals surface area contributed by atoms with Gasteiger partial charge in [0.1, 0.15) is 33.8 Å². The third-order valence-corrected chi connectivity index (χ3v) is 9.23. The molecule has 224 valence electrons. The molecule has 6 aromatic heterocycles. The molecular weight excluding hydrogens is 673 g/mol. The Morgan fingerprint density at radius 3 is 1.89 bits per heavy atom. The summed E-state index contributed by atoms with van der Waals surface area (Å²) in [5.41, 5.74) is 2.86. The molecule has 0 unspecified atom stereocenters. The van der Waals surface area contributed by atoms with Crippen molar-refractivity contribution in [1.29, 1.82) is 0 Å². The number of anilines is 1. The summed E-state index contributed by atoms with van der Waals surface area (Å²) in [5, 5.41) is 5.54. The number of aromatic nitrogens is 6. The summed E-state index contributed by atoms with van der Waals surface area (Å²) in [6.07, 6.45) is 6.84. The largest absolute Gasteiger partial charge is 0.486 e. The second kappa shape index (κ2) is 13.1. The van der Waals surface area contributed by atoms with Crippen molar-refractivity contribution in [2.24, 2.45) is 0 Å². The molecule has 7 heterocycles. The van der Waals surface area contributed by atoms with Crippen molar-refractivity contribution >= 4 is 83.7 Å². The number of ether oxygens (including phenoxy) is 2. The van der Waals surface area contributed by atoms with Crippen LogP contribution in [0.4, 0.5) is 5.82 Å². The number of fused-ring (bicyclic) bond motifs is 3.